The van der Waals surface area contributed by atoms with Crippen molar-refractivity contribution in [2.75, 3.05) is 0 Å². The first-order valence-corrected chi connectivity index (χ1v) is 13.6. The predicted octanol–water partition coefficient (Wildman–Crippen LogP) is 5.93. The van der Waals surface area contributed by atoms with Gasteiger partial charge < -0.3 is 19.9 Å². The first kappa shape index (κ1) is 31.6. The van der Waals surface area contributed by atoms with E-state index in [0.29, 0.717) is 0 Å². The van der Waals surface area contributed by atoms with Gasteiger partial charge in [-0.25, -0.2) is 9.78 Å². The number of rotatable bonds is 18. The van der Waals surface area contributed by atoms with Crippen molar-refractivity contribution < 1.29 is 29.7 Å². The molecule has 0 aliphatic heterocycles. The van der Waals surface area contributed by atoms with Crippen LogP contribution in [0.1, 0.15) is 111 Å². The van der Waals surface area contributed by atoms with E-state index in [2.05, 4.69) is 24.9 Å². The number of thioether (sulfide) groups is 1. The van der Waals surface area contributed by atoms with E-state index in [1.54, 1.807) is 6.08 Å². The Morgan fingerprint density at radius 3 is 2.11 bits per heavy atom. The number of carbonyl (C=O) groups is 3. The number of aliphatic carboxylic acids is 1. The highest BCUT2D eigenvalue weighted by molar-refractivity contribution is 8.14. The summed E-state index contributed by atoms with van der Waals surface area (Å²) in [5.41, 5.74) is 1.55. The molecule has 0 spiro atoms. The largest absolute Gasteiger partial charge is 0.481 e. The molecular formula is C27H42N2O6S. The van der Waals surface area contributed by atoms with E-state index in [1.807, 2.05) is 6.08 Å². The van der Waals surface area contributed by atoms with Crippen LogP contribution in [0.5, 0.6) is 0 Å². The van der Waals surface area contributed by atoms with Crippen molar-refractivity contribution in [3.63, 3.8) is 0 Å². The zero-order valence-electron chi connectivity index (χ0n) is 22.0. The van der Waals surface area contributed by atoms with Gasteiger partial charge in [-0.15, -0.1) is 0 Å². The van der Waals surface area contributed by atoms with E-state index >= 15 is 0 Å². The van der Waals surface area contributed by atoms with E-state index in [-0.39, 0.29) is 30.1 Å². The number of aromatic nitrogens is 2. The molecule has 1 aromatic heterocycles. The number of carbonyl (C=O) groups excluding carboxylic acids is 1. The molecular weight excluding hydrogens is 480 g/mol. The highest BCUT2D eigenvalue weighted by atomic mass is 32.2. The summed E-state index contributed by atoms with van der Waals surface area (Å²) in [6.45, 7) is 5.78. The Hall–Kier alpha value is -2.39. The Bertz CT molecular complexity index is 918. The van der Waals surface area contributed by atoms with Gasteiger partial charge in [0.2, 0.25) is 0 Å². The maximum Gasteiger partial charge on any atom is 0.354 e. The molecule has 0 aliphatic rings. The quantitative estimate of drug-likeness (QED) is 0.160. The molecule has 2 unspecified atom stereocenters. The van der Waals surface area contributed by atoms with E-state index in [4.69, 9.17) is 5.11 Å². The average Bonchev–Trinajstić information content (AvgIpc) is 3.10. The summed E-state index contributed by atoms with van der Waals surface area (Å²) >= 11 is 0.840. The van der Waals surface area contributed by atoms with Crippen LogP contribution in [-0.4, -0.2) is 53.3 Å². The van der Waals surface area contributed by atoms with Crippen LogP contribution in [-0.2, 0) is 11.8 Å². The summed E-state index contributed by atoms with van der Waals surface area (Å²) in [5.74, 6) is -2.20. The monoisotopic (exact) mass is 522 g/mol. The fourth-order valence-electron chi connectivity index (χ4n) is 3.89. The van der Waals surface area contributed by atoms with Crippen LogP contribution >= 0.6 is 11.8 Å². The summed E-state index contributed by atoms with van der Waals surface area (Å²) in [7, 11) is 1.46. The smallest absolute Gasteiger partial charge is 0.354 e. The Kier molecular flexibility index (Phi) is 15.1. The predicted molar refractivity (Wildman–Crippen MR) is 144 cm³/mol. The molecule has 8 nitrogen and oxygen atoms in total. The van der Waals surface area contributed by atoms with Crippen molar-refractivity contribution in [2.24, 2.45) is 7.05 Å². The molecule has 3 N–H and O–H groups in total. The van der Waals surface area contributed by atoms with Gasteiger partial charge in [-0.2, -0.15) is 0 Å². The summed E-state index contributed by atoms with van der Waals surface area (Å²) in [6, 6.07) is 0. The molecule has 36 heavy (non-hydrogen) atoms. The molecule has 0 fully saturated rings. The fraction of sp³-hybridized carbons (Fsp3) is 0.630. The van der Waals surface area contributed by atoms with Gasteiger partial charge in [0.25, 0.3) is 5.12 Å². The van der Waals surface area contributed by atoms with Gasteiger partial charge >= 0.3 is 11.9 Å². The highest BCUT2D eigenvalue weighted by Crippen LogP contribution is 2.25. The summed E-state index contributed by atoms with van der Waals surface area (Å²) in [4.78, 5) is 39.3. The molecule has 1 aromatic rings. The highest BCUT2D eigenvalue weighted by Gasteiger charge is 2.27. The van der Waals surface area contributed by atoms with Gasteiger partial charge in [0.15, 0.2) is 5.82 Å². The fourth-order valence-corrected chi connectivity index (χ4v) is 4.90. The molecule has 0 aromatic carbocycles. The lowest BCUT2D eigenvalue weighted by Gasteiger charge is -2.18. The SMILES string of the molecule is CC(C)=CCCCCCCCCC/C=C\C(SC(=O)c1nc(C)c(C(=O)O)n1C)C(O)CCC(=O)O. The van der Waals surface area contributed by atoms with Gasteiger partial charge in [0.1, 0.15) is 5.69 Å². The molecule has 0 saturated carbocycles. The minimum Gasteiger partial charge on any atom is -0.481 e. The summed E-state index contributed by atoms with van der Waals surface area (Å²) < 4.78 is 1.24. The number of aryl methyl sites for hydroxylation is 1. The Labute approximate surface area is 218 Å². The Morgan fingerprint density at radius 2 is 1.58 bits per heavy atom. The van der Waals surface area contributed by atoms with E-state index in [9.17, 15) is 24.6 Å². The molecule has 9 heteroatoms. The standard InChI is InChI=1S/C27H42N2O6S/c1-19(2)15-13-11-9-7-5-6-8-10-12-14-16-22(21(30)17-18-23(31)32)36-27(35)25-28-20(3)24(26(33)34)29(25)4/h14-16,21-22,30H,5-13,17-18H2,1-4H3,(H,31,32)(H,33,34)/b16-14-. The minimum absolute atomic E-state index is 0.0121. The van der Waals surface area contributed by atoms with Crippen LogP contribution < -0.4 is 0 Å². The van der Waals surface area contributed by atoms with Crippen molar-refractivity contribution in [2.45, 2.75) is 103 Å². The third-order valence-corrected chi connectivity index (χ3v) is 7.02. The number of hydrogen-bond donors (Lipinski definition) is 3. The Balaban J connectivity index is 2.58. The van der Waals surface area contributed by atoms with Gasteiger partial charge in [-0.3, -0.25) is 9.59 Å². The number of aliphatic hydroxyl groups excluding tert-OH is 1. The number of carboxylic acid groups (broad SMARTS) is 2. The minimum atomic E-state index is -1.17. The molecule has 0 saturated heterocycles. The summed E-state index contributed by atoms with van der Waals surface area (Å²) in [5, 5.41) is 27.7. The van der Waals surface area contributed by atoms with Crippen molar-refractivity contribution in [1.82, 2.24) is 9.55 Å². The first-order valence-electron chi connectivity index (χ1n) is 12.7. The second kappa shape index (κ2) is 17.1. The number of allylic oxidation sites excluding steroid dienone is 3. The third kappa shape index (κ3) is 12.0. The lowest BCUT2D eigenvalue weighted by molar-refractivity contribution is -0.137. The molecule has 2 atom stereocenters. The lowest BCUT2D eigenvalue weighted by Crippen LogP contribution is -2.24. The van der Waals surface area contributed by atoms with Gasteiger partial charge in [-0.05, 0) is 52.9 Å². The third-order valence-electron chi connectivity index (χ3n) is 5.88. The van der Waals surface area contributed by atoms with Crippen molar-refractivity contribution in [3.8, 4) is 0 Å². The normalized spacial score (nSPS) is 13.0. The molecule has 0 radical (unpaired) electrons. The van der Waals surface area contributed by atoms with Crippen LogP contribution in [0.4, 0.5) is 0 Å². The summed E-state index contributed by atoms with van der Waals surface area (Å²) in [6.07, 6.45) is 15.0. The molecule has 0 bridgehead atoms. The van der Waals surface area contributed by atoms with E-state index in [0.717, 1.165) is 37.4 Å². The van der Waals surface area contributed by atoms with E-state index in [1.165, 1.54) is 56.2 Å². The van der Waals surface area contributed by atoms with Crippen molar-refractivity contribution in [1.29, 1.82) is 0 Å². The number of hydrogen-bond acceptors (Lipinski definition) is 6. The van der Waals surface area contributed by atoms with Crippen molar-refractivity contribution >= 4 is 28.8 Å². The number of imidazole rings is 1. The zero-order valence-corrected chi connectivity index (χ0v) is 22.9. The lowest BCUT2D eigenvalue weighted by atomic mass is 10.1. The second-order valence-corrected chi connectivity index (χ2v) is 10.5. The molecule has 1 heterocycles. The number of aliphatic hydroxyl groups is 1. The Morgan fingerprint density at radius 1 is 1.00 bits per heavy atom. The second-order valence-electron chi connectivity index (χ2n) is 9.37. The van der Waals surface area contributed by atoms with Gasteiger partial charge in [-0.1, -0.05) is 67.7 Å². The first-order chi connectivity index (χ1) is 17.0. The molecule has 0 amide bonds. The van der Waals surface area contributed by atoms with Crippen molar-refractivity contribution in [3.05, 3.63) is 41.0 Å². The molecule has 0 aliphatic carbocycles. The number of aromatic carboxylic acids is 1. The van der Waals surface area contributed by atoms with E-state index < -0.39 is 28.4 Å². The van der Waals surface area contributed by atoms with Gasteiger partial charge in [0, 0.05) is 13.5 Å². The maximum absolute atomic E-state index is 12.9. The van der Waals surface area contributed by atoms with Crippen LogP contribution in [0, 0.1) is 6.92 Å². The number of unbranched alkanes of at least 4 members (excludes halogenated alkanes) is 8. The van der Waals surface area contributed by atoms with Gasteiger partial charge in [0.05, 0.1) is 17.0 Å². The van der Waals surface area contributed by atoms with Crippen LogP contribution in [0.2, 0.25) is 0 Å². The topological polar surface area (TPSA) is 130 Å². The van der Waals surface area contributed by atoms with Crippen LogP contribution in [0.15, 0.2) is 23.8 Å². The molecule has 202 valence electrons. The molecule has 1 rings (SSSR count). The zero-order chi connectivity index (χ0) is 27.1. The number of carboxylic acids is 2. The number of nitrogens with zero attached hydrogens (tertiary/aromatic N) is 2. The van der Waals surface area contributed by atoms with Crippen LogP contribution in [0.3, 0.4) is 0 Å². The average molecular weight is 523 g/mol. The van der Waals surface area contributed by atoms with Crippen LogP contribution in [0.25, 0.3) is 0 Å². The maximum atomic E-state index is 12.9.